The van der Waals surface area contributed by atoms with Crippen molar-refractivity contribution >= 4 is 54.1 Å². The number of hydrogen-bond acceptors (Lipinski definition) is 3. The first-order valence-corrected chi connectivity index (χ1v) is 16.9. The number of para-hydroxylation sites is 2. The minimum absolute atomic E-state index is 0.0603. The van der Waals surface area contributed by atoms with Crippen LogP contribution in [0.15, 0.2) is 140 Å². The van der Waals surface area contributed by atoms with Gasteiger partial charge in [0.15, 0.2) is 0 Å². The highest BCUT2D eigenvalue weighted by molar-refractivity contribution is 7.21. The molecule has 1 aliphatic rings. The summed E-state index contributed by atoms with van der Waals surface area (Å²) in [6.45, 7) is 4.73. The van der Waals surface area contributed by atoms with Gasteiger partial charge in [0.05, 0.1) is 26.9 Å². The molecule has 3 aromatic heterocycles. The van der Waals surface area contributed by atoms with E-state index in [-0.39, 0.29) is 5.41 Å². The van der Waals surface area contributed by atoms with Crippen LogP contribution in [0.2, 0.25) is 0 Å². The third kappa shape index (κ3) is 3.73. The monoisotopic (exact) mass is 619 g/mol. The standard InChI is InChI=1S/C43H29N3S/c1-43(2)34-20-9-6-18-31(34)37-33-24-23-30-29-17-8-11-22-36(29)46(39(30)40(33)47-41(37)43)42-44-35-21-10-7-19-32(35)38(45-42)28-16-12-15-27(25-28)26-13-4-3-5-14-26/h3-25H,1-2H3. The summed E-state index contributed by atoms with van der Waals surface area (Å²) < 4.78 is 3.60. The van der Waals surface area contributed by atoms with Gasteiger partial charge in [0.2, 0.25) is 5.95 Å². The Kier molecular flexibility index (Phi) is 5.50. The fraction of sp³-hybridized carbons (Fsp3) is 0.0698. The maximum Gasteiger partial charge on any atom is 0.235 e. The molecule has 0 atom stereocenters. The average molecular weight is 620 g/mol. The van der Waals surface area contributed by atoms with Crippen molar-refractivity contribution in [3.63, 3.8) is 0 Å². The molecule has 0 unspecified atom stereocenters. The zero-order valence-corrected chi connectivity index (χ0v) is 26.8. The topological polar surface area (TPSA) is 30.7 Å². The van der Waals surface area contributed by atoms with Gasteiger partial charge in [-0.3, -0.25) is 4.57 Å². The second-order valence-electron chi connectivity index (χ2n) is 13.0. The van der Waals surface area contributed by atoms with E-state index in [9.17, 15) is 0 Å². The van der Waals surface area contributed by atoms with E-state index in [1.54, 1.807) is 0 Å². The minimum Gasteiger partial charge on any atom is -0.276 e. The summed E-state index contributed by atoms with van der Waals surface area (Å²) in [6.07, 6.45) is 0. The number of fused-ring (bicyclic) bond motifs is 10. The lowest BCUT2D eigenvalue weighted by Crippen LogP contribution is -2.13. The second kappa shape index (κ2) is 9.71. The van der Waals surface area contributed by atoms with Crippen molar-refractivity contribution in [2.45, 2.75) is 19.3 Å². The fourth-order valence-corrected chi connectivity index (χ4v) is 9.22. The Morgan fingerprint density at radius 1 is 0.574 bits per heavy atom. The minimum atomic E-state index is -0.0603. The average Bonchev–Trinajstić information content (AvgIpc) is 3.75. The first-order valence-electron chi connectivity index (χ1n) is 16.1. The lowest BCUT2D eigenvalue weighted by Gasteiger charge is -2.19. The van der Waals surface area contributed by atoms with Crippen LogP contribution in [0.4, 0.5) is 0 Å². The van der Waals surface area contributed by atoms with Crippen LogP contribution in [0.25, 0.3) is 82.3 Å². The molecule has 0 spiro atoms. The largest absolute Gasteiger partial charge is 0.276 e. The predicted molar refractivity (Wildman–Crippen MR) is 198 cm³/mol. The number of thiophene rings is 1. The van der Waals surface area contributed by atoms with E-state index in [2.05, 4.69) is 158 Å². The molecule has 0 aliphatic heterocycles. The van der Waals surface area contributed by atoms with Crippen molar-refractivity contribution in [2.24, 2.45) is 0 Å². The van der Waals surface area contributed by atoms with E-state index in [0.717, 1.165) is 27.7 Å². The highest BCUT2D eigenvalue weighted by Crippen LogP contribution is 2.56. The van der Waals surface area contributed by atoms with Gasteiger partial charge in [0.25, 0.3) is 0 Å². The molecule has 10 rings (SSSR count). The van der Waals surface area contributed by atoms with Crippen molar-refractivity contribution in [1.29, 1.82) is 0 Å². The van der Waals surface area contributed by atoms with Gasteiger partial charge < -0.3 is 0 Å². The van der Waals surface area contributed by atoms with Crippen LogP contribution in [0.5, 0.6) is 0 Å². The summed E-state index contributed by atoms with van der Waals surface area (Å²) >= 11 is 1.93. The number of hydrogen-bond donors (Lipinski definition) is 0. The van der Waals surface area contributed by atoms with Crippen molar-refractivity contribution < 1.29 is 0 Å². The third-order valence-electron chi connectivity index (χ3n) is 9.96. The molecule has 3 heterocycles. The van der Waals surface area contributed by atoms with E-state index in [0.29, 0.717) is 5.95 Å². The number of aromatic nitrogens is 3. The first-order chi connectivity index (χ1) is 23.1. The summed E-state index contributed by atoms with van der Waals surface area (Å²) in [4.78, 5) is 12.1. The summed E-state index contributed by atoms with van der Waals surface area (Å²) in [5.41, 5.74) is 11.7. The van der Waals surface area contributed by atoms with E-state index < -0.39 is 0 Å². The van der Waals surface area contributed by atoms with Gasteiger partial charge in [-0.25, -0.2) is 9.97 Å². The van der Waals surface area contributed by atoms with Crippen molar-refractivity contribution in [2.75, 3.05) is 0 Å². The third-order valence-corrected chi connectivity index (χ3v) is 11.5. The molecule has 1 aliphatic carbocycles. The summed E-state index contributed by atoms with van der Waals surface area (Å²) in [5, 5.41) is 4.78. The molecule has 0 fully saturated rings. The molecule has 0 amide bonds. The first kappa shape index (κ1) is 26.6. The Labute approximate surface area is 276 Å². The van der Waals surface area contributed by atoms with Gasteiger partial charge in [-0.15, -0.1) is 11.3 Å². The van der Waals surface area contributed by atoms with Crippen LogP contribution in [0.3, 0.4) is 0 Å². The maximum absolute atomic E-state index is 5.44. The SMILES string of the molecule is CC1(C)c2ccccc2-c2c1sc1c2ccc2c3ccccc3n(-c3nc(-c4cccc(-c5ccccc5)c4)c4ccccc4n3)c21. The molecule has 0 saturated carbocycles. The lowest BCUT2D eigenvalue weighted by molar-refractivity contribution is 0.674. The van der Waals surface area contributed by atoms with Crippen molar-refractivity contribution in [3.05, 3.63) is 150 Å². The van der Waals surface area contributed by atoms with Crippen LogP contribution in [0.1, 0.15) is 24.3 Å². The molecule has 47 heavy (non-hydrogen) atoms. The molecule has 3 nitrogen and oxygen atoms in total. The van der Waals surface area contributed by atoms with E-state index >= 15 is 0 Å². The van der Waals surface area contributed by atoms with Gasteiger partial charge in [0, 0.05) is 43.0 Å². The summed E-state index contributed by atoms with van der Waals surface area (Å²) in [7, 11) is 0. The molecular weight excluding hydrogens is 591 g/mol. The van der Waals surface area contributed by atoms with Crippen molar-refractivity contribution in [3.8, 4) is 39.5 Å². The number of benzene rings is 6. The van der Waals surface area contributed by atoms with Gasteiger partial charge in [-0.2, -0.15) is 0 Å². The van der Waals surface area contributed by atoms with E-state index in [4.69, 9.17) is 9.97 Å². The van der Waals surface area contributed by atoms with Crippen LogP contribution in [-0.4, -0.2) is 14.5 Å². The zero-order chi connectivity index (χ0) is 31.3. The predicted octanol–water partition coefficient (Wildman–Crippen LogP) is 11.6. The Hall–Kier alpha value is -5.58. The molecule has 4 heteroatoms. The Balaban J connectivity index is 1.29. The van der Waals surface area contributed by atoms with E-state index in [1.807, 2.05) is 11.3 Å². The summed E-state index contributed by atoms with van der Waals surface area (Å²) in [5.74, 6) is 0.690. The molecular formula is C43H29N3S. The van der Waals surface area contributed by atoms with E-state index in [1.165, 1.54) is 59.1 Å². The zero-order valence-electron chi connectivity index (χ0n) is 26.0. The molecule has 6 aromatic carbocycles. The molecule has 0 bridgehead atoms. The normalized spacial score (nSPS) is 13.5. The smallest absolute Gasteiger partial charge is 0.235 e. The highest BCUT2D eigenvalue weighted by atomic mass is 32.1. The summed E-state index contributed by atoms with van der Waals surface area (Å²) in [6, 6.07) is 49.9. The van der Waals surface area contributed by atoms with Gasteiger partial charge in [-0.1, -0.05) is 135 Å². The Bertz CT molecular complexity index is 2710. The van der Waals surface area contributed by atoms with Crippen LogP contribution >= 0.6 is 11.3 Å². The number of rotatable bonds is 3. The van der Waals surface area contributed by atoms with Gasteiger partial charge >= 0.3 is 0 Å². The number of nitrogens with zero attached hydrogens (tertiary/aromatic N) is 3. The molecule has 0 saturated heterocycles. The fourth-order valence-electron chi connectivity index (χ4n) is 7.75. The molecule has 222 valence electrons. The Morgan fingerprint density at radius 3 is 2.17 bits per heavy atom. The molecule has 0 radical (unpaired) electrons. The van der Waals surface area contributed by atoms with Gasteiger partial charge in [0.1, 0.15) is 0 Å². The lowest BCUT2D eigenvalue weighted by atomic mass is 9.87. The van der Waals surface area contributed by atoms with Crippen LogP contribution in [-0.2, 0) is 5.41 Å². The molecule has 0 N–H and O–H groups in total. The van der Waals surface area contributed by atoms with Crippen LogP contribution < -0.4 is 0 Å². The van der Waals surface area contributed by atoms with Gasteiger partial charge in [-0.05, 0) is 40.5 Å². The quantitative estimate of drug-likeness (QED) is 0.197. The molecule has 9 aromatic rings. The van der Waals surface area contributed by atoms with Crippen molar-refractivity contribution in [1.82, 2.24) is 14.5 Å². The highest BCUT2D eigenvalue weighted by Gasteiger charge is 2.39. The van der Waals surface area contributed by atoms with Crippen LogP contribution in [0, 0.1) is 0 Å². The Morgan fingerprint density at radius 2 is 1.28 bits per heavy atom. The second-order valence-corrected chi connectivity index (χ2v) is 14.0. The maximum atomic E-state index is 5.44.